The van der Waals surface area contributed by atoms with Gasteiger partial charge in [-0.25, -0.2) is 0 Å². The molecule has 1 aromatic rings. The molecule has 0 bridgehead atoms. The van der Waals surface area contributed by atoms with Crippen LogP contribution in [-0.2, 0) is 6.54 Å². The molecule has 0 spiro atoms. The molecule has 4 heteroatoms. The molecule has 136 valence electrons. The van der Waals surface area contributed by atoms with E-state index in [2.05, 4.69) is 31.4 Å². The Kier molecular flexibility index (Phi) is 9.50. The lowest BCUT2D eigenvalue weighted by Gasteiger charge is -2.27. The van der Waals surface area contributed by atoms with Gasteiger partial charge in [0.05, 0.1) is 20.3 Å². The van der Waals surface area contributed by atoms with Crippen molar-refractivity contribution in [2.24, 2.45) is 5.92 Å². The molecule has 1 aromatic carbocycles. The predicted octanol–water partition coefficient (Wildman–Crippen LogP) is 3.88. The first kappa shape index (κ1) is 20.5. The van der Waals surface area contributed by atoms with Gasteiger partial charge >= 0.3 is 0 Å². The number of para-hydroxylation sites is 1. The number of hydrogen-bond donors (Lipinski definition) is 1. The molecule has 1 rings (SSSR count). The highest BCUT2D eigenvalue weighted by Gasteiger charge is 2.16. The van der Waals surface area contributed by atoms with Crippen LogP contribution in [-0.4, -0.2) is 43.4 Å². The number of methoxy groups -OCH3 is 2. The third-order valence-corrected chi connectivity index (χ3v) is 4.07. The molecule has 0 heterocycles. The first-order valence-corrected chi connectivity index (χ1v) is 8.73. The van der Waals surface area contributed by atoms with Crippen molar-refractivity contribution in [1.82, 2.24) is 4.90 Å². The van der Waals surface area contributed by atoms with Crippen LogP contribution in [0, 0.1) is 5.92 Å². The maximum Gasteiger partial charge on any atom is 0.165 e. The van der Waals surface area contributed by atoms with Crippen molar-refractivity contribution in [3.05, 3.63) is 36.4 Å². The summed E-state index contributed by atoms with van der Waals surface area (Å²) in [6, 6.07) is 5.94. The van der Waals surface area contributed by atoms with E-state index >= 15 is 0 Å². The number of hydrogen-bond acceptors (Lipinski definition) is 4. The van der Waals surface area contributed by atoms with Crippen LogP contribution < -0.4 is 9.47 Å². The Morgan fingerprint density at radius 1 is 1.21 bits per heavy atom. The second-order valence-electron chi connectivity index (χ2n) is 6.59. The highest BCUT2D eigenvalue weighted by Crippen LogP contribution is 2.31. The normalized spacial score (nSPS) is 12.5. The Hall–Kier alpha value is -1.52. The van der Waals surface area contributed by atoms with Crippen LogP contribution in [0.4, 0.5) is 0 Å². The van der Waals surface area contributed by atoms with E-state index in [0.29, 0.717) is 12.5 Å². The summed E-state index contributed by atoms with van der Waals surface area (Å²) in [5.74, 6) is 2.14. The molecule has 0 amide bonds. The fourth-order valence-electron chi connectivity index (χ4n) is 2.69. The lowest BCUT2D eigenvalue weighted by molar-refractivity contribution is 0.0989. The molecule has 0 aromatic heterocycles. The number of ether oxygens (including phenoxy) is 2. The average molecular weight is 335 g/mol. The summed E-state index contributed by atoms with van der Waals surface area (Å²) < 4.78 is 10.9. The minimum atomic E-state index is -0.341. The Morgan fingerprint density at radius 3 is 2.54 bits per heavy atom. The maximum atomic E-state index is 10.3. The molecular formula is C20H33NO3. The van der Waals surface area contributed by atoms with Crippen molar-refractivity contribution in [3.8, 4) is 11.5 Å². The van der Waals surface area contributed by atoms with Gasteiger partial charge in [0.25, 0.3) is 0 Å². The number of aliphatic hydroxyl groups is 1. The second-order valence-corrected chi connectivity index (χ2v) is 6.59. The summed E-state index contributed by atoms with van der Waals surface area (Å²) in [5, 5.41) is 10.3. The Balaban J connectivity index is 2.85. The summed E-state index contributed by atoms with van der Waals surface area (Å²) in [5.41, 5.74) is 1.08. The van der Waals surface area contributed by atoms with Gasteiger partial charge in [0, 0.05) is 18.7 Å². The van der Waals surface area contributed by atoms with Crippen molar-refractivity contribution < 1.29 is 14.6 Å². The highest BCUT2D eigenvalue weighted by molar-refractivity contribution is 5.46. The van der Waals surface area contributed by atoms with Gasteiger partial charge in [0.1, 0.15) is 0 Å². The average Bonchev–Trinajstić information content (AvgIpc) is 2.57. The molecule has 1 atom stereocenters. The molecule has 1 N–H and O–H groups in total. The molecule has 4 nitrogen and oxygen atoms in total. The van der Waals surface area contributed by atoms with Crippen molar-refractivity contribution in [2.75, 3.05) is 27.3 Å². The van der Waals surface area contributed by atoms with Crippen LogP contribution in [0.1, 0.15) is 38.7 Å². The zero-order valence-electron chi connectivity index (χ0n) is 15.6. The highest BCUT2D eigenvalue weighted by atomic mass is 16.5. The first-order valence-electron chi connectivity index (χ1n) is 8.73. The third kappa shape index (κ3) is 6.93. The van der Waals surface area contributed by atoms with E-state index in [9.17, 15) is 5.11 Å². The quantitative estimate of drug-likeness (QED) is 0.589. The molecule has 0 aliphatic heterocycles. The topological polar surface area (TPSA) is 41.9 Å². The van der Waals surface area contributed by atoms with Crippen LogP contribution in [0.2, 0.25) is 0 Å². The van der Waals surface area contributed by atoms with Gasteiger partial charge in [0.15, 0.2) is 11.5 Å². The van der Waals surface area contributed by atoms with Gasteiger partial charge in [-0.15, -0.1) is 6.58 Å². The molecule has 0 radical (unpaired) electrons. The summed E-state index contributed by atoms with van der Waals surface area (Å²) in [6.45, 7) is 10.5. The first-order chi connectivity index (χ1) is 11.5. The fraction of sp³-hybridized carbons (Fsp3) is 0.600. The summed E-state index contributed by atoms with van der Waals surface area (Å²) in [6.07, 6.45) is 4.19. The van der Waals surface area contributed by atoms with Crippen LogP contribution in [0.3, 0.4) is 0 Å². The smallest absolute Gasteiger partial charge is 0.165 e. The zero-order chi connectivity index (χ0) is 17.9. The standard InChI is InChI=1S/C20H33NO3/c1-6-7-10-18(22)15-21(13-12-16(2)3)14-17-9-8-11-19(23-4)20(17)24-5/h6,8-9,11,16,18,22H,1,7,10,12-15H2,2-5H3/t18-/m0/s1. The number of rotatable bonds is 12. The largest absolute Gasteiger partial charge is 0.493 e. The molecule has 0 fully saturated rings. The minimum Gasteiger partial charge on any atom is -0.493 e. The monoisotopic (exact) mass is 335 g/mol. The van der Waals surface area contributed by atoms with Crippen LogP contribution in [0.15, 0.2) is 30.9 Å². The third-order valence-electron chi connectivity index (χ3n) is 4.07. The van der Waals surface area contributed by atoms with Crippen LogP contribution in [0.5, 0.6) is 11.5 Å². The lowest BCUT2D eigenvalue weighted by atomic mass is 10.1. The Morgan fingerprint density at radius 2 is 1.96 bits per heavy atom. The summed E-state index contributed by atoms with van der Waals surface area (Å²) in [4.78, 5) is 2.30. The molecule has 0 aliphatic carbocycles. The number of nitrogens with zero attached hydrogens (tertiary/aromatic N) is 1. The SMILES string of the molecule is C=CCC[C@H](O)CN(CCC(C)C)Cc1cccc(OC)c1OC. The van der Waals surface area contributed by atoms with Crippen molar-refractivity contribution in [2.45, 2.75) is 45.8 Å². The van der Waals surface area contributed by atoms with E-state index < -0.39 is 0 Å². The van der Waals surface area contributed by atoms with E-state index in [0.717, 1.165) is 49.4 Å². The molecular weight excluding hydrogens is 302 g/mol. The molecule has 24 heavy (non-hydrogen) atoms. The molecule has 0 aliphatic rings. The maximum absolute atomic E-state index is 10.3. The molecule has 0 saturated carbocycles. The van der Waals surface area contributed by atoms with E-state index in [-0.39, 0.29) is 6.10 Å². The van der Waals surface area contributed by atoms with Crippen molar-refractivity contribution >= 4 is 0 Å². The minimum absolute atomic E-state index is 0.341. The summed E-state index contributed by atoms with van der Waals surface area (Å²) >= 11 is 0. The molecule has 0 saturated heterocycles. The van der Waals surface area contributed by atoms with E-state index in [1.165, 1.54) is 0 Å². The van der Waals surface area contributed by atoms with Gasteiger partial charge in [-0.3, -0.25) is 4.90 Å². The predicted molar refractivity (Wildman–Crippen MR) is 99.7 cm³/mol. The number of allylic oxidation sites excluding steroid dienone is 1. The van der Waals surface area contributed by atoms with Crippen molar-refractivity contribution in [1.29, 1.82) is 0 Å². The summed E-state index contributed by atoms with van der Waals surface area (Å²) in [7, 11) is 3.32. The van der Waals surface area contributed by atoms with E-state index in [1.54, 1.807) is 14.2 Å². The lowest BCUT2D eigenvalue weighted by Crippen LogP contribution is -2.33. The zero-order valence-corrected chi connectivity index (χ0v) is 15.6. The Labute approximate surface area is 147 Å². The van der Waals surface area contributed by atoms with Gasteiger partial charge in [-0.05, 0) is 37.8 Å². The molecule has 0 unspecified atom stereocenters. The van der Waals surface area contributed by atoms with Crippen LogP contribution in [0.25, 0.3) is 0 Å². The van der Waals surface area contributed by atoms with E-state index in [1.807, 2.05) is 18.2 Å². The van der Waals surface area contributed by atoms with Gasteiger partial charge in [-0.2, -0.15) is 0 Å². The van der Waals surface area contributed by atoms with Gasteiger partial charge in [-0.1, -0.05) is 32.1 Å². The number of aliphatic hydroxyl groups excluding tert-OH is 1. The van der Waals surface area contributed by atoms with Gasteiger partial charge < -0.3 is 14.6 Å². The van der Waals surface area contributed by atoms with Crippen LogP contribution >= 0.6 is 0 Å². The van der Waals surface area contributed by atoms with Crippen molar-refractivity contribution in [3.63, 3.8) is 0 Å². The Bertz CT molecular complexity index is 488. The van der Waals surface area contributed by atoms with Gasteiger partial charge in [0.2, 0.25) is 0 Å². The second kappa shape index (κ2) is 11.1. The fourth-order valence-corrected chi connectivity index (χ4v) is 2.69. The number of benzene rings is 1. The van der Waals surface area contributed by atoms with E-state index in [4.69, 9.17) is 9.47 Å².